The van der Waals surface area contributed by atoms with Crippen LogP contribution >= 0.6 is 0 Å². The summed E-state index contributed by atoms with van der Waals surface area (Å²) in [5.74, 6) is -1.03. The number of carbonyl (C=O) groups is 2. The highest BCUT2D eigenvalue weighted by Crippen LogP contribution is 2.42. The molecule has 3 aromatic carbocycles. The Kier molecular flexibility index (Phi) is 6.27. The number of nitrogens with zero attached hydrogens (tertiary/aromatic N) is 1. The van der Waals surface area contributed by atoms with Crippen LogP contribution in [0.3, 0.4) is 0 Å². The first-order valence-electron chi connectivity index (χ1n) is 10.7. The van der Waals surface area contributed by atoms with Crippen LogP contribution in [0.2, 0.25) is 0 Å². The molecule has 1 unspecified atom stereocenters. The minimum atomic E-state index is -0.912. The summed E-state index contributed by atoms with van der Waals surface area (Å²) in [6, 6.07) is 20.8. The van der Waals surface area contributed by atoms with Crippen molar-refractivity contribution < 1.29 is 23.8 Å². The average Bonchev–Trinajstić information content (AvgIpc) is 3.05. The van der Waals surface area contributed by atoms with Gasteiger partial charge < -0.3 is 9.84 Å². The Morgan fingerprint density at radius 2 is 1.70 bits per heavy atom. The van der Waals surface area contributed by atoms with Gasteiger partial charge in [-0.15, -0.1) is 0 Å². The third-order valence-corrected chi connectivity index (χ3v) is 5.34. The molecule has 3 aromatic rings. The lowest BCUT2D eigenvalue weighted by Crippen LogP contribution is -2.31. The summed E-state index contributed by atoms with van der Waals surface area (Å²) in [4.78, 5) is 27.5. The second kappa shape index (κ2) is 9.28. The Labute approximate surface area is 191 Å². The molecular weight excluding hydrogens is 421 g/mol. The molecule has 1 atom stereocenters. The highest BCUT2D eigenvalue weighted by Gasteiger charge is 2.44. The van der Waals surface area contributed by atoms with Gasteiger partial charge in [-0.3, -0.25) is 14.5 Å². The van der Waals surface area contributed by atoms with Crippen molar-refractivity contribution in [3.63, 3.8) is 0 Å². The maximum atomic E-state index is 14.0. The van der Waals surface area contributed by atoms with Gasteiger partial charge in [0.15, 0.2) is 11.5 Å². The van der Waals surface area contributed by atoms with E-state index >= 15 is 0 Å². The Morgan fingerprint density at radius 3 is 2.39 bits per heavy atom. The van der Waals surface area contributed by atoms with Crippen molar-refractivity contribution in [1.29, 1.82) is 0 Å². The van der Waals surface area contributed by atoms with Crippen LogP contribution in [0.25, 0.3) is 0 Å². The Hall–Kier alpha value is -3.93. The van der Waals surface area contributed by atoms with E-state index in [1.54, 1.807) is 30.3 Å². The van der Waals surface area contributed by atoms with Crippen LogP contribution in [0.5, 0.6) is 11.5 Å². The maximum absolute atomic E-state index is 14.0. The second-order valence-corrected chi connectivity index (χ2v) is 8.33. The van der Waals surface area contributed by atoms with E-state index in [-0.39, 0.29) is 29.4 Å². The monoisotopic (exact) mass is 445 g/mol. The van der Waals surface area contributed by atoms with Crippen LogP contribution in [0.4, 0.5) is 10.1 Å². The molecule has 0 bridgehead atoms. The van der Waals surface area contributed by atoms with Gasteiger partial charge in [-0.25, -0.2) is 4.39 Å². The fraction of sp³-hybridized carbons (Fsp3) is 0.185. The summed E-state index contributed by atoms with van der Waals surface area (Å²) in [7, 11) is 0. The van der Waals surface area contributed by atoms with Crippen LogP contribution in [-0.4, -0.2) is 16.8 Å². The van der Waals surface area contributed by atoms with Gasteiger partial charge in [-0.1, -0.05) is 50.2 Å². The smallest absolute Gasteiger partial charge is 0.294 e. The number of benzene rings is 3. The zero-order chi connectivity index (χ0) is 23.5. The number of anilines is 1. The van der Waals surface area contributed by atoms with E-state index in [1.165, 1.54) is 23.1 Å². The molecule has 0 aliphatic carbocycles. The standard InChI is InChI=1S/C27H24FNO4/c1-17(2)14-23(30)24-25(29(27(32)26(24)31)20-10-7-9-19(28)16-20)18-8-6-13-22(15-18)33-21-11-4-3-5-12-21/h3-13,15-17,25,31H,14H2,1-2H3. The van der Waals surface area contributed by atoms with Crippen molar-refractivity contribution in [2.45, 2.75) is 26.3 Å². The molecule has 168 valence electrons. The van der Waals surface area contributed by atoms with Crippen LogP contribution in [0, 0.1) is 11.7 Å². The molecule has 4 rings (SSSR count). The molecule has 6 heteroatoms. The number of amides is 1. The lowest BCUT2D eigenvalue weighted by atomic mass is 9.92. The summed E-state index contributed by atoms with van der Waals surface area (Å²) in [6.07, 6.45) is 0.167. The predicted octanol–water partition coefficient (Wildman–Crippen LogP) is 6.13. The number of para-hydroxylation sites is 1. The normalized spacial score (nSPS) is 15.9. The highest BCUT2D eigenvalue weighted by molar-refractivity contribution is 6.16. The number of rotatable bonds is 7. The van der Waals surface area contributed by atoms with Crippen molar-refractivity contribution in [3.8, 4) is 11.5 Å². The van der Waals surface area contributed by atoms with Crippen LogP contribution < -0.4 is 9.64 Å². The average molecular weight is 445 g/mol. The van der Waals surface area contributed by atoms with E-state index in [2.05, 4.69) is 0 Å². The molecule has 0 aromatic heterocycles. The Morgan fingerprint density at radius 1 is 1.00 bits per heavy atom. The molecular formula is C27H24FNO4. The molecule has 0 saturated heterocycles. The molecule has 1 amide bonds. The van der Waals surface area contributed by atoms with Crippen molar-refractivity contribution in [2.24, 2.45) is 5.92 Å². The van der Waals surface area contributed by atoms with Crippen molar-refractivity contribution in [1.82, 2.24) is 0 Å². The van der Waals surface area contributed by atoms with Gasteiger partial charge in [0.2, 0.25) is 0 Å². The number of ketones is 1. The third-order valence-electron chi connectivity index (χ3n) is 5.34. The third kappa shape index (κ3) is 4.65. The molecule has 0 saturated carbocycles. The van der Waals surface area contributed by atoms with Gasteiger partial charge in [0.25, 0.3) is 5.91 Å². The fourth-order valence-corrected chi connectivity index (χ4v) is 3.95. The molecule has 0 spiro atoms. The minimum Gasteiger partial charge on any atom is -0.503 e. The summed E-state index contributed by atoms with van der Waals surface area (Å²) >= 11 is 0. The highest BCUT2D eigenvalue weighted by atomic mass is 19.1. The Bertz CT molecular complexity index is 1220. The van der Waals surface area contributed by atoms with E-state index in [0.29, 0.717) is 17.1 Å². The number of hydrogen-bond donors (Lipinski definition) is 1. The Balaban J connectivity index is 1.80. The molecule has 1 N–H and O–H groups in total. The molecule has 33 heavy (non-hydrogen) atoms. The molecule has 0 radical (unpaired) electrons. The largest absolute Gasteiger partial charge is 0.503 e. The van der Waals surface area contributed by atoms with Gasteiger partial charge in [-0.05, 0) is 53.9 Å². The van der Waals surface area contributed by atoms with Gasteiger partial charge in [0.1, 0.15) is 17.3 Å². The van der Waals surface area contributed by atoms with E-state index < -0.39 is 23.5 Å². The fourth-order valence-electron chi connectivity index (χ4n) is 3.95. The van der Waals surface area contributed by atoms with Crippen molar-refractivity contribution >= 4 is 17.4 Å². The van der Waals surface area contributed by atoms with E-state index in [4.69, 9.17) is 4.74 Å². The molecule has 1 heterocycles. The molecule has 1 aliphatic rings. The summed E-state index contributed by atoms with van der Waals surface area (Å²) in [6.45, 7) is 3.78. The van der Waals surface area contributed by atoms with Gasteiger partial charge in [0, 0.05) is 12.1 Å². The lowest BCUT2D eigenvalue weighted by molar-refractivity contribution is -0.118. The summed E-state index contributed by atoms with van der Waals surface area (Å²) in [5.41, 5.74) is 0.824. The topological polar surface area (TPSA) is 66.8 Å². The number of aliphatic hydroxyl groups is 1. The van der Waals surface area contributed by atoms with Crippen LogP contribution in [0.15, 0.2) is 90.2 Å². The molecule has 5 nitrogen and oxygen atoms in total. The summed E-state index contributed by atoms with van der Waals surface area (Å²) < 4.78 is 19.9. The number of ether oxygens (including phenoxy) is 1. The van der Waals surface area contributed by atoms with Crippen molar-refractivity contribution in [2.75, 3.05) is 4.90 Å². The number of Topliss-reactive ketones (excluding diaryl/α,β-unsaturated/α-hetero) is 1. The first-order valence-corrected chi connectivity index (χ1v) is 10.7. The van der Waals surface area contributed by atoms with Gasteiger partial charge in [0.05, 0.1) is 11.6 Å². The molecule has 0 fully saturated rings. The zero-order valence-corrected chi connectivity index (χ0v) is 18.4. The maximum Gasteiger partial charge on any atom is 0.294 e. The molecule has 1 aliphatic heterocycles. The van der Waals surface area contributed by atoms with Crippen molar-refractivity contribution in [3.05, 3.63) is 102 Å². The SMILES string of the molecule is CC(C)CC(=O)C1=C(O)C(=O)N(c2cccc(F)c2)C1c1cccc(Oc2ccccc2)c1. The van der Waals surface area contributed by atoms with E-state index in [9.17, 15) is 19.1 Å². The quantitative estimate of drug-likeness (QED) is 0.475. The van der Waals surface area contributed by atoms with Crippen LogP contribution in [0.1, 0.15) is 31.9 Å². The predicted molar refractivity (Wildman–Crippen MR) is 124 cm³/mol. The number of halogens is 1. The number of aliphatic hydroxyl groups excluding tert-OH is 1. The van der Waals surface area contributed by atoms with E-state index in [0.717, 1.165) is 0 Å². The first kappa shape index (κ1) is 22.3. The second-order valence-electron chi connectivity index (χ2n) is 8.33. The minimum absolute atomic E-state index is 0.00909. The van der Waals surface area contributed by atoms with E-state index in [1.807, 2.05) is 44.2 Å². The first-order chi connectivity index (χ1) is 15.8. The summed E-state index contributed by atoms with van der Waals surface area (Å²) in [5, 5.41) is 10.7. The zero-order valence-electron chi connectivity index (χ0n) is 18.4. The number of hydrogen-bond acceptors (Lipinski definition) is 4. The van der Waals surface area contributed by atoms with Gasteiger partial charge in [-0.2, -0.15) is 0 Å². The van der Waals surface area contributed by atoms with Gasteiger partial charge >= 0.3 is 0 Å². The lowest BCUT2D eigenvalue weighted by Gasteiger charge is -2.27. The van der Waals surface area contributed by atoms with Crippen LogP contribution in [-0.2, 0) is 9.59 Å². The number of carbonyl (C=O) groups excluding carboxylic acids is 2.